The molecule has 2 N–H and O–H groups in total. The molecule has 0 fully saturated rings. The molecular formula is C17H22ClN5O. The summed E-state index contributed by atoms with van der Waals surface area (Å²) in [7, 11) is 4.01. The fourth-order valence-corrected chi connectivity index (χ4v) is 2.30. The number of rotatable bonds is 8. The number of nitrogens with one attached hydrogen (secondary N) is 2. The molecule has 0 atom stereocenters. The smallest absolute Gasteiger partial charge is 0.270 e. The first-order valence-electron chi connectivity index (χ1n) is 7.78. The molecule has 0 spiro atoms. The molecule has 1 aromatic heterocycles. The average Bonchev–Trinajstić information content (AvgIpc) is 2.58. The van der Waals surface area contributed by atoms with Crippen LogP contribution in [0.4, 0.5) is 5.82 Å². The second-order valence-electron chi connectivity index (χ2n) is 5.65. The van der Waals surface area contributed by atoms with E-state index < -0.39 is 0 Å². The third kappa shape index (κ3) is 5.79. The third-order valence-corrected chi connectivity index (χ3v) is 3.75. The summed E-state index contributed by atoms with van der Waals surface area (Å²) in [6.07, 6.45) is 2.27. The number of hydrogen-bond acceptors (Lipinski definition) is 5. The highest BCUT2D eigenvalue weighted by Crippen LogP contribution is 2.16. The molecule has 0 saturated carbocycles. The Labute approximate surface area is 147 Å². The third-order valence-electron chi connectivity index (χ3n) is 3.39. The van der Waals surface area contributed by atoms with Gasteiger partial charge in [0.25, 0.3) is 5.91 Å². The van der Waals surface area contributed by atoms with Gasteiger partial charge in [-0.05, 0) is 38.7 Å². The van der Waals surface area contributed by atoms with Crippen LogP contribution in [-0.4, -0.2) is 48.0 Å². The Hall–Kier alpha value is -2.18. The van der Waals surface area contributed by atoms with Crippen molar-refractivity contribution in [1.82, 2.24) is 20.2 Å². The van der Waals surface area contributed by atoms with E-state index in [-0.39, 0.29) is 5.91 Å². The fraction of sp³-hybridized carbons (Fsp3) is 0.353. The van der Waals surface area contributed by atoms with Crippen LogP contribution >= 0.6 is 11.6 Å². The molecule has 0 aliphatic rings. The number of amides is 1. The number of benzene rings is 1. The van der Waals surface area contributed by atoms with E-state index in [0.29, 0.717) is 29.6 Å². The topological polar surface area (TPSA) is 70.2 Å². The van der Waals surface area contributed by atoms with Crippen molar-refractivity contribution < 1.29 is 4.79 Å². The Morgan fingerprint density at radius 1 is 1.25 bits per heavy atom. The van der Waals surface area contributed by atoms with Crippen molar-refractivity contribution in [2.24, 2.45) is 0 Å². The summed E-state index contributed by atoms with van der Waals surface area (Å²) < 4.78 is 0. The van der Waals surface area contributed by atoms with Gasteiger partial charge in [-0.15, -0.1) is 0 Å². The molecule has 0 bridgehead atoms. The summed E-state index contributed by atoms with van der Waals surface area (Å²) >= 11 is 6.13. The number of carbonyl (C=O) groups is 1. The number of aromatic nitrogens is 2. The average molecular weight is 348 g/mol. The number of nitrogens with zero attached hydrogens (tertiary/aromatic N) is 3. The van der Waals surface area contributed by atoms with Gasteiger partial charge in [-0.3, -0.25) is 4.79 Å². The van der Waals surface area contributed by atoms with Gasteiger partial charge in [-0.2, -0.15) is 0 Å². The molecule has 6 nitrogen and oxygen atoms in total. The van der Waals surface area contributed by atoms with Gasteiger partial charge >= 0.3 is 0 Å². The quantitative estimate of drug-likeness (QED) is 0.718. The number of anilines is 1. The zero-order valence-corrected chi connectivity index (χ0v) is 14.7. The lowest BCUT2D eigenvalue weighted by Crippen LogP contribution is -2.27. The molecule has 1 amide bonds. The second-order valence-corrected chi connectivity index (χ2v) is 6.05. The molecule has 128 valence electrons. The molecule has 24 heavy (non-hydrogen) atoms. The van der Waals surface area contributed by atoms with Crippen molar-refractivity contribution in [2.45, 2.75) is 13.0 Å². The van der Waals surface area contributed by atoms with Gasteiger partial charge in [0.2, 0.25) is 0 Å². The van der Waals surface area contributed by atoms with E-state index in [1.807, 2.05) is 38.4 Å². The molecule has 0 unspecified atom stereocenters. The van der Waals surface area contributed by atoms with Gasteiger partial charge in [-0.1, -0.05) is 29.8 Å². The van der Waals surface area contributed by atoms with Crippen molar-refractivity contribution in [3.05, 3.63) is 52.9 Å². The van der Waals surface area contributed by atoms with Gasteiger partial charge in [0.1, 0.15) is 17.8 Å². The van der Waals surface area contributed by atoms with E-state index in [4.69, 9.17) is 11.6 Å². The Morgan fingerprint density at radius 2 is 2.04 bits per heavy atom. The Balaban J connectivity index is 1.89. The first-order valence-corrected chi connectivity index (χ1v) is 8.16. The highest BCUT2D eigenvalue weighted by molar-refractivity contribution is 6.31. The minimum absolute atomic E-state index is 0.197. The Bertz CT molecular complexity index is 678. The summed E-state index contributed by atoms with van der Waals surface area (Å²) in [6.45, 7) is 2.07. The van der Waals surface area contributed by atoms with E-state index in [2.05, 4.69) is 25.5 Å². The van der Waals surface area contributed by atoms with Gasteiger partial charge in [0.05, 0.1) is 0 Å². The molecule has 7 heteroatoms. The van der Waals surface area contributed by atoms with Gasteiger partial charge < -0.3 is 15.5 Å². The number of halogens is 1. The second kappa shape index (κ2) is 9.20. The van der Waals surface area contributed by atoms with Crippen molar-refractivity contribution in [3.8, 4) is 0 Å². The summed E-state index contributed by atoms with van der Waals surface area (Å²) in [6, 6.07) is 9.23. The molecule has 1 heterocycles. The van der Waals surface area contributed by atoms with Crippen LogP contribution in [0.15, 0.2) is 36.7 Å². The van der Waals surface area contributed by atoms with Crippen LogP contribution in [0.5, 0.6) is 0 Å². The lowest BCUT2D eigenvalue weighted by Gasteiger charge is -2.10. The van der Waals surface area contributed by atoms with E-state index >= 15 is 0 Å². The maximum absolute atomic E-state index is 12.1. The zero-order valence-electron chi connectivity index (χ0n) is 13.9. The predicted octanol–water partition coefficient (Wildman–Crippen LogP) is 2.42. The minimum atomic E-state index is -0.197. The first kappa shape index (κ1) is 18.2. The standard InChI is InChI=1S/C17H22ClN5O/c1-23(2)9-5-8-19-17(24)15-10-16(22-12-21-15)20-11-13-6-3-4-7-14(13)18/h3-4,6-7,10,12H,5,8-9,11H2,1-2H3,(H,19,24)(H,20,21,22). The van der Waals surface area contributed by atoms with Crippen LogP contribution < -0.4 is 10.6 Å². The van der Waals surface area contributed by atoms with Gasteiger partial charge in [0.15, 0.2) is 0 Å². The maximum atomic E-state index is 12.1. The molecule has 2 rings (SSSR count). The largest absolute Gasteiger partial charge is 0.366 e. The van der Waals surface area contributed by atoms with Crippen molar-refractivity contribution in [1.29, 1.82) is 0 Å². The van der Waals surface area contributed by atoms with Crippen LogP contribution in [0.2, 0.25) is 5.02 Å². The summed E-state index contributed by atoms with van der Waals surface area (Å²) in [5, 5.41) is 6.71. The molecular weight excluding hydrogens is 326 g/mol. The lowest BCUT2D eigenvalue weighted by atomic mass is 10.2. The molecule has 0 saturated heterocycles. The molecule has 0 aliphatic heterocycles. The van der Waals surface area contributed by atoms with Crippen LogP contribution in [-0.2, 0) is 6.54 Å². The number of hydrogen-bond donors (Lipinski definition) is 2. The first-order chi connectivity index (χ1) is 11.6. The zero-order chi connectivity index (χ0) is 17.4. The predicted molar refractivity (Wildman–Crippen MR) is 96.3 cm³/mol. The van der Waals surface area contributed by atoms with Crippen LogP contribution in [0, 0.1) is 0 Å². The van der Waals surface area contributed by atoms with E-state index in [1.54, 1.807) is 6.07 Å². The molecule has 0 aliphatic carbocycles. The normalized spacial score (nSPS) is 10.7. The van der Waals surface area contributed by atoms with E-state index in [1.165, 1.54) is 6.33 Å². The monoisotopic (exact) mass is 347 g/mol. The summed E-state index contributed by atoms with van der Waals surface area (Å²) in [4.78, 5) is 22.3. The molecule has 2 aromatic rings. The molecule has 1 aromatic carbocycles. The highest BCUT2D eigenvalue weighted by Gasteiger charge is 2.08. The van der Waals surface area contributed by atoms with Crippen LogP contribution in [0.25, 0.3) is 0 Å². The molecule has 0 radical (unpaired) electrons. The fourth-order valence-electron chi connectivity index (χ4n) is 2.09. The highest BCUT2D eigenvalue weighted by atomic mass is 35.5. The number of carbonyl (C=O) groups excluding carboxylic acids is 1. The lowest BCUT2D eigenvalue weighted by molar-refractivity contribution is 0.0947. The van der Waals surface area contributed by atoms with Crippen molar-refractivity contribution in [2.75, 3.05) is 32.5 Å². The van der Waals surface area contributed by atoms with Gasteiger partial charge in [-0.25, -0.2) is 9.97 Å². The minimum Gasteiger partial charge on any atom is -0.366 e. The van der Waals surface area contributed by atoms with E-state index in [0.717, 1.165) is 18.5 Å². The van der Waals surface area contributed by atoms with Crippen molar-refractivity contribution >= 4 is 23.3 Å². The maximum Gasteiger partial charge on any atom is 0.270 e. The Morgan fingerprint density at radius 3 is 2.79 bits per heavy atom. The SMILES string of the molecule is CN(C)CCCNC(=O)c1cc(NCc2ccccc2Cl)ncn1. The summed E-state index contributed by atoms with van der Waals surface area (Å²) in [5.74, 6) is 0.389. The van der Waals surface area contributed by atoms with Crippen LogP contribution in [0.3, 0.4) is 0 Å². The van der Waals surface area contributed by atoms with Crippen molar-refractivity contribution in [3.63, 3.8) is 0 Å². The summed E-state index contributed by atoms with van der Waals surface area (Å²) in [5.41, 5.74) is 1.31. The van der Waals surface area contributed by atoms with E-state index in [9.17, 15) is 4.79 Å². The van der Waals surface area contributed by atoms with Gasteiger partial charge in [0, 0.05) is 24.2 Å². The Kier molecular flexibility index (Phi) is 6.96. The van der Waals surface area contributed by atoms with Crippen LogP contribution in [0.1, 0.15) is 22.5 Å².